The van der Waals surface area contributed by atoms with Crippen molar-refractivity contribution in [2.24, 2.45) is 0 Å². The number of para-hydroxylation sites is 1. The number of ether oxygens (including phenoxy) is 1. The van der Waals surface area contributed by atoms with Crippen LogP contribution in [0.15, 0.2) is 72.1 Å². The highest BCUT2D eigenvalue weighted by Crippen LogP contribution is 2.42. The summed E-state index contributed by atoms with van der Waals surface area (Å²) in [5, 5.41) is 2.93. The van der Waals surface area contributed by atoms with Crippen LogP contribution < -0.4 is 10.1 Å². The molecule has 0 bridgehead atoms. The van der Waals surface area contributed by atoms with Gasteiger partial charge in [-0.05, 0) is 83.0 Å². The molecule has 1 aliphatic heterocycles. The van der Waals surface area contributed by atoms with Crippen molar-refractivity contribution < 1.29 is 17.9 Å². The number of piperidine rings is 1. The Labute approximate surface area is 185 Å². The zero-order valence-corrected chi connectivity index (χ0v) is 19.3. The molecule has 0 aromatic heterocycles. The fraction of sp³-hybridized carbons (Fsp3) is 0.375. The molecule has 0 atom stereocenters. The third kappa shape index (κ3) is 4.99. The van der Waals surface area contributed by atoms with E-state index in [1.807, 2.05) is 58.0 Å². The van der Waals surface area contributed by atoms with Gasteiger partial charge in [0.05, 0.1) is 4.90 Å². The van der Waals surface area contributed by atoms with E-state index in [1.165, 1.54) is 6.08 Å². The molecule has 0 radical (unpaired) electrons. The molecule has 1 heterocycles. The van der Waals surface area contributed by atoms with Gasteiger partial charge in [-0.25, -0.2) is 8.42 Å². The molecule has 6 nitrogen and oxygen atoms in total. The smallest absolute Gasteiger partial charge is 0.244 e. The van der Waals surface area contributed by atoms with Gasteiger partial charge in [0.25, 0.3) is 0 Å². The van der Waals surface area contributed by atoms with Crippen LogP contribution in [-0.4, -0.2) is 35.7 Å². The van der Waals surface area contributed by atoms with Gasteiger partial charge in [0.15, 0.2) is 0 Å². The summed E-state index contributed by atoms with van der Waals surface area (Å²) in [5.74, 6) is 1.00. The quantitative estimate of drug-likeness (QED) is 0.669. The first kappa shape index (κ1) is 23.0. The number of carbonyl (C=O) groups excluding carboxylic acids is 1. The van der Waals surface area contributed by atoms with Crippen molar-refractivity contribution in [3.05, 3.63) is 67.3 Å². The van der Waals surface area contributed by atoms with Crippen LogP contribution in [0.5, 0.6) is 11.5 Å². The van der Waals surface area contributed by atoms with Gasteiger partial charge in [0, 0.05) is 17.1 Å². The predicted octanol–water partition coefficient (Wildman–Crippen LogP) is 4.49. The number of rotatable bonds is 6. The monoisotopic (exact) mass is 442 g/mol. The number of nitrogens with zero attached hydrogens (tertiary/aromatic N) is 1. The highest BCUT2D eigenvalue weighted by Gasteiger charge is 2.51. The van der Waals surface area contributed by atoms with Crippen molar-refractivity contribution in [1.29, 1.82) is 0 Å². The topological polar surface area (TPSA) is 75.7 Å². The van der Waals surface area contributed by atoms with Gasteiger partial charge in [-0.15, -0.1) is 0 Å². The van der Waals surface area contributed by atoms with Crippen molar-refractivity contribution in [3.8, 4) is 11.5 Å². The average molecular weight is 443 g/mol. The van der Waals surface area contributed by atoms with Gasteiger partial charge in [-0.3, -0.25) is 4.79 Å². The molecule has 0 aliphatic carbocycles. The summed E-state index contributed by atoms with van der Waals surface area (Å²) in [7, 11) is -3.78. The third-order valence-corrected chi connectivity index (χ3v) is 7.80. The Kier molecular flexibility index (Phi) is 6.30. The molecule has 1 saturated heterocycles. The molecule has 1 N–H and O–H groups in total. The average Bonchev–Trinajstić information content (AvgIpc) is 2.66. The zero-order chi connectivity index (χ0) is 22.9. The van der Waals surface area contributed by atoms with Crippen LogP contribution in [0.1, 0.15) is 40.5 Å². The fourth-order valence-electron chi connectivity index (χ4n) is 4.69. The van der Waals surface area contributed by atoms with Crippen molar-refractivity contribution in [2.45, 2.75) is 62.6 Å². The molecular formula is C24H30N2O4S. The number of sulfonamides is 1. The molecule has 0 saturated carbocycles. The van der Waals surface area contributed by atoms with Crippen LogP contribution in [0.4, 0.5) is 0 Å². The first-order valence-corrected chi connectivity index (χ1v) is 11.7. The zero-order valence-electron chi connectivity index (χ0n) is 18.5. The number of amides is 1. The summed E-state index contributed by atoms with van der Waals surface area (Å²) in [5.41, 5.74) is -1.39. The minimum atomic E-state index is -3.78. The second-order valence-electron chi connectivity index (χ2n) is 9.10. The highest BCUT2D eigenvalue weighted by molar-refractivity contribution is 7.89. The molecule has 3 rings (SSSR count). The first-order chi connectivity index (χ1) is 14.5. The molecular weight excluding hydrogens is 412 g/mol. The molecule has 2 aromatic carbocycles. The summed E-state index contributed by atoms with van der Waals surface area (Å²) in [6, 6.07) is 15.7. The summed E-state index contributed by atoms with van der Waals surface area (Å²) >= 11 is 0. The van der Waals surface area contributed by atoms with Crippen LogP contribution in [0.25, 0.3) is 0 Å². The highest BCUT2D eigenvalue weighted by atomic mass is 32.2. The molecule has 0 unspecified atom stereocenters. The van der Waals surface area contributed by atoms with Gasteiger partial charge in [-0.2, -0.15) is 4.31 Å². The number of benzene rings is 2. The summed E-state index contributed by atoms with van der Waals surface area (Å²) < 4.78 is 34.7. The van der Waals surface area contributed by atoms with Gasteiger partial charge >= 0.3 is 0 Å². The number of carbonyl (C=O) groups is 1. The van der Waals surface area contributed by atoms with Gasteiger partial charge < -0.3 is 10.1 Å². The van der Waals surface area contributed by atoms with E-state index in [4.69, 9.17) is 4.74 Å². The Bertz CT molecular complexity index is 1030. The van der Waals surface area contributed by atoms with Gasteiger partial charge in [-0.1, -0.05) is 24.8 Å². The minimum Gasteiger partial charge on any atom is -0.457 e. The largest absolute Gasteiger partial charge is 0.457 e. The Hall–Kier alpha value is -2.64. The predicted molar refractivity (Wildman–Crippen MR) is 122 cm³/mol. The van der Waals surface area contributed by atoms with Crippen LogP contribution in [-0.2, 0) is 14.8 Å². The Morgan fingerprint density at radius 1 is 1.00 bits per heavy atom. The fourth-order valence-corrected chi connectivity index (χ4v) is 6.83. The van der Waals surface area contributed by atoms with Crippen LogP contribution in [0, 0.1) is 0 Å². The van der Waals surface area contributed by atoms with Crippen molar-refractivity contribution in [3.63, 3.8) is 0 Å². The summed E-state index contributed by atoms with van der Waals surface area (Å²) in [6.07, 6.45) is 2.25. The van der Waals surface area contributed by atoms with Gasteiger partial charge in [0.1, 0.15) is 11.5 Å². The lowest BCUT2D eigenvalue weighted by Crippen LogP contribution is -2.65. The molecule has 1 aliphatic rings. The van der Waals surface area contributed by atoms with E-state index in [-0.39, 0.29) is 16.8 Å². The normalized spacial score (nSPS) is 18.8. The number of hydrogen-bond donors (Lipinski definition) is 1. The van der Waals surface area contributed by atoms with Crippen molar-refractivity contribution in [1.82, 2.24) is 9.62 Å². The molecule has 2 aromatic rings. The van der Waals surface area contributed by atoms with Gasteiger partial charge in [0.2, 0.25) is 15.9 Å². The summed E-state index contributed by atoms with van der Waals surface area (Å²) in [6.45, 7) is 11.1. The van der Waals surface area contributed by atoms with E-state index in [0.29, 0.717) is 24.3 Å². The van der Waals surface area contributed by atoms with E-state index >= 15 is 0 Å². The third-order valence-electron chi connectivity index (χ3n) is 5.46. The molecule has 31 heavy (non-hydrogen) atoms. The van der Waals surface area contributed by atoms with Crippen LogP contribution in [0.2, 0.25) is 0 Å². The number of hydrogen-bond acceptors (Lipinski definition) is 4. The van der Waals surface area contributed by atoms with E-state index in [9.17, 15) is 13.2 Å². The molecule has 1 fully saturated rings. The van der Waals surface area contributed by atoms with E-state index in [2.05, 4.69) is 11.9 Å². The van der Waals surface area contributed by atoms with Crippen LogP contribution >= 0.6 is 0 Å². The van der Waals surface area contributed by atoms with E-state index in [1.54, 1.807) is 28.6 Å². The molecule has 166 valence electrons. The SMILES string of the molecule is C=CC(=O)NC1CC(C)(C)N(S(=O)(=O)c2ccc(Oc3ccccc3)cc2)C(C)(C)C1. The lowest BCUT2D eigenvalue weighted by atomic mass is 9.79. The minimum absolute atomic E-state index is 0.136. The Balaban J connectivity index is 1.86. The summed E-state index contributed by atoms with van der Waals surface area (Å²) in [4.78, 5) is 12.0. The molecule has 7 heteroatoms. The van der Waals surface area contributed by atoms with Crippen molar-refractivity contribution in [2.75, 3.05) is 0 Å². The Morgan fingerprint density at radius 2 is 1.52 bits per heavy atom. The van der Waals surface area contributed by atoms with E-state index in [0.717, 1.165) is 0 Å². The first-order valence-electron chi connectivity index (χ1n) is 10.3. The standard InChI is InChI=1S/C24H30N2O4S/c1-6-22(27)25-18-16-23(2,3)26(24(4,5)17-18)31(28,29)21-14-12-20(13-15-21)30-19-10-8-7-9-11-19/h6-15,18H,1,16-17H2,2-5H3,(H,25,27). The number of nitrogens with one attached hydrogen (secondary N) is 1. The maximum Gasteiger partial charge on any atom is 0.244 e. The molecule has 0 spiro atoms. The second-order valence-corrected chi connectivity index (χ2v) is 10.9. The lowest BCUT2D eigenvalue weighted by Gasteiger charge is -2.53. The maximum atomic E-state index is 13.7. The second kappa shape index (κ2) is 8.48. The van der Waals surface area contributed by atoms with Crippen molar-refractivity contribution >= 4 is 15.9 Å². The van der Waals surface area contributed by atoms with Crippen LogP contribution in [0.3, 0.4) is 0 Å². The Morgan fingerprint density at radius 3 is 2.03 bits per heavy atom. The van der Waals surface area contributed by atoms with E-state index < -0.39 is 21.1 Å². The molecule has 1 amide bonds. The lowest BCUT2D eigenvalue weighted by molar-refractivity contribution is -0.118. The maximum absolute atomic E-state index is 13.7.